The molecule has 0 heterocycles. The first-order chi connectivity index (χ1) is 9.69. The average Bonchev–Trinajstić information content (AvgIpc) is 2.47. The number of Topliss-reactive ketones (excluding diaryl/α,β-unsaturated/α-hetero) is 1. The maximum Gasteiger partial charge on any atom is 0.195 e. The molecule has 3 heteroatoms. The number of ketones is 1. The maximum absolute atomic E-state index is 11.3. The summed E-state index contributed by atoms with van der Waals surface area (Å²) in [5.41, 5.74) is 3.53. The summed E-state index contributed by atoms with van der Waals surface area (Å²) >= 11 is 0. The van der Waals surface area contributed by atoms with Crippen molar-refractivity contribution < 1.29 is 14.3 Å². The Balaban J connectivity index is 1.99. The fraction of sp³-hybridized carbons (Fsp3) is 0.235. The number of ether oxygens (including phenoxy) is 2. The zero-order valence-electron chi connectivity index (χ0n) is 11.8. The van der Waals surface area contributed by atoms with Crippen LogP contribution in [0.3, 0.4) is 0 Å². The van der Waals surface area contributed by atoms with Crippen LogP contribution in [0.5, 0.6) is 5.75 Å². The van der Waals surface area contributed by atoms with E-state index in [0.717, 1.165) is 11.1 Å². The lowest BCUT2D eigenvalue weighted by Crippen LogP contribution is -2.16. The summed E-state index contributed by atoms with van der Waals surface area (Å²) in [7, 11) is 1.49. The molecule has 2 rings (SSSR count). The van der Waals surface area contributed by atoms with E-state index < -0.39 is 0 Å². The molecule has 2 aromatic carbocycles. The van der Waals surface area contributed by atoms with Crippen molar-refractivity contribution in [2.24, 2.45) is 0 Å². The molecule has 0 atom stereocenters. The third kappa shape index (κ3) is 3.93. The number of methoxy groups -OCH3 is 1. The van der Waals surface area contributed by atoms with Gasteiger partial charge in [0.25, 0.3) is 0 Å². The Bertz CT molecular complexity index is 556. The molecule has 0 amide bonds. The Morgan fingerprint density at radius 3 is 2.00 bits per heavy atom. The minimum Gasteiger partial charge on any atom is -0.486 e. The fourth-order valence-corrected chi connectivity index (χ4v) is 1.86. The Morgan fingerprint density at radius 1 is 0.900 bits per heavy atom. The van der Waals surface area contributed by atoms with Gasteiger partial charge < -0.3 is 9.47 Å². The topological polar surface area (TPSA) is 35.5 Å². The van der Waals surface area contributed by atoms with E-state index in [4.69, 9.17) is 9.47 Å². The second kappa shape index (κ2) is 6.87. The van der Waals surface area contributed by atoms with E-state index in [0.29, 0.717) is 5.75 Å². The number of carbonyl (C=O) groups is 1. The molecule has 20 heavy (non-hydrogen) atoms. The van der Waals surface area contributed by atoms with Crippen LogP contribution in [-0.2, 0) is 9.53 Å². The summed E-state index contributed by atoms with van der Waals surface area (Å²) in [5.74, 6) is 0.612. The molecular formula is C17H18O3. The molecule has 0 aliphatic rings. The third-order valence-corrected chi connectivity index (χ3v) is 2.94. The van der Waals surface area contributed by atoms with Crippen LogP contribution in [0.1, 0.15) is 5.56 Å². The molecule has 2 aromatic rings. The minimum atomic E-state index is -0.0740. The number of hydrogen-bond donors (Lipinski definition) is 0. The first kappa shape index (κ1) is 14.3. The maximum atomic E-state index is 11.3. The Morgan fingerprint density at radius 2 is 1.45 bits per heavy atom. The van der Waals surface area contributed by atoms with Gasteiger partial charge >= 0.3 is 0 Å². The van der Waals surface area contributed by atoms with Crippen molar-refractivity contribution in [3.05, 3.63) is 54.1 Å². The zero-order chi connectivity index (χ0) is 14.4. The van der Waals surface area contributed by atoms with Crippen molar-refractivity contribution >= 4 is 5.78 Å². The van der Waals surface area contributed by atoms with Crippen LogP contribution < -0.4 is 4.74 Å². The normalized spacial score (nSPS) is 10.3. The fourth-order valence-electron chi connectivity index (χ4n) is 1.86. The molecule has 0 bridgehead atoms. The standard InChI is InChI=1S/C17H18O3/c1-13-3-5-14(6-4-13)15-7-9-17(10-8-15)20-12-16(18)11-19-2/h3-10H,11-12H2,1-2H3. The second-order valence-corrected chi connectivity index (χ2v) is 4.65. The van der Waals surface area contributed by atoms with Gasteiger partial charge in [0.1, 0.15) is 19.0 Å². The molecule has 0 aromatic heterocycles. The van der Waals surface area contributed by atoms with Gasteiger partial charge in [-0.2, -0.15) is 0 Å². The lowest BCUT2D eigenvalue weighted by molar-refractivity contribution is -0.124. The van der Waals surface area contributed by atoms with Gasteiger partial charge in [-0.1, -0.05) is 42.0 Å². The zero-order valence-corrected chi connectivity index (χ0v) is 11.8. The highest BCUT2D eigenvalue weighted by Gasteiger charge is 2.03. The molecule has 0 N–H and O–H groups in total. The first-order valence-electron chi connectivity index (χ1n) is 6.49. The van der Waals surface area contributed by atoms with E-state index in [1.54, 1.807) is 0 Å². The Kier molecular flexibility index (Phi) is 4.91. The van der Waals surface area contributed by atoms with Crippen LogP contribution in [0.4, 0.5) is 0 Å². The Hall–Kier alpha value is -2.13. The lowest BCUT2D eigenvalue weighted by atomic mass is 10.0. The molecular weight excluding hydrogens is 252 g/mol. The van der Waals surface area contributed by atoms with Gasteiger partial charge in [-0.15, -0.1) is 0 Å². The highest BCUT2D eigenvalue weighted by molar-refractivity contribution is 5.81. The number of benzene rings is 2. The van der Waals surface area contributed by atoms with Crippen molar-refractivity contribution in [3.8, 4) is 16.9 Å². The smallest absolute Gasteiger partial charge is 0.195 e. The summed E-state index contributed by atoms with van der Waals surface area (Å²) in [4.78, 5) is 11.3. The van der Waals surface area contributed by atoms with Gasteiger partial charge in [-0.25, -0.2) is 0 Å². The molecule has 0 aliphatic heterocycles. The molecule has 104 valence electrons. The molecule has 3 nitrogen and oxygen atoms in total. The number of aryl methyl sites for hydroxylation is 1. The van der Waals surface area contributed by atoms with Crippen molar-refractivity contribution in [1.29, 1.82) is 0 Å². The van der Waals surface area contributed by atoms with Crippen LogP contribution in [0.15, 0.2) is 48.5 Å². The third-order valence-electron chi connectivity index (χ3n) is 2.94. The molecule has 0 unspecified atom stereocenters. The first-order valence-corrected chi connectivity index (χ1v) is 6.49. The van der Waals surface area contributed by atoms with Crippen LogP contribution >= 0.6 is 0 Å². The molecule has 0 saturated carbocycles. The van der Waals surface area contributed by atoms with Crippen LogP contribution in [0.2, 0.25) is 0 Å². The van der Waals surface area contributed by atoms with E-state index in [2.05, 4.69) is 31.2 Å². The predicted molar refractivity (Wildman–Crippen MR) is 79.0 cm³/mol. The van der Waals surface area contributed by atoms with Gasteiger partial charge in [-0.3, -0.25) is 4.79 Å². The van der Waals surface area contributed by atoms with Gasteiger partial charge in [0.2, 0.25) is 0 Å². The van der Waals surface area contributed by atoms with Gasteiger partial charge in [0, 0.05) is 7.11 Å². The van der Waals surface area contributed by atoms with E-state index >= 15 is 0 Å². The number of hydrogen-bond acceptors (Lipinski definition) is 3. The quantitative estimate of drug-likeness (QED) is 0.808. The molecule has 0 spiro atoms. The van der Waals surface area contributed by atoms with Crippen LogP contribution in [0.25, 0.3) is 11.1 Å². The summed E-state index contributed by atoms with van der Waals surface area (Å²) < 4.78 is 10.1. The van der Waals surface area contributed by atoms with Gasteiger partial charge in [-0.05, 0) is 30.2 Å². The number of carbonyl (C=O) groups excluding carboxylic acids is 1. The molecule has 0 aliphatic carbocycles. The van der Waals surface area contributed by atoms with Gasteiger partial charge in [0.15, 0.2) is 5.78 Å². The highest BCUT2D eigenvalue weighted by atomic mass is 16.5. The van der Waals surface area contributed by atoms with E-state index in [1.165, 1.54) is 12.7 Å². The van der Waals surface area contributed by atoms with Crippen molar-refractivity contribution in [2.45, 2.75) is 6.92 Å². The highest BCUT2D eigenvalue weighted by Crippen LogP contribution is 2.22. The lowest BCUT2D eigenvalue weighted by Gasteiger charge is -2.07. The molecule has 0 radical (unpaired) electrons. The summed E-state index contributed by atoms with van der Waals surface area (Å²) in [6.07, 6.45) is 0. The van der Waals surface area contributed by atoms with Gasteiger partial charge in [0.05, 0.1) is 0 Å². The summed E-state index contributed by atoms with van der Waals surface area (Å²) in [6, 6.07) is 16.1. The Labute approximate surface area is 119 Å². The van der Waals surface area contributed by atoms with Crippen molar-refractivity contribution in [3.63, 3.8) is 0 Å². The second-order valence-electron chi connectivity index (χ2n) is 4.65. The minimum absolute atomic E-state index is 0.0394. The monoisotopic (exact) mass is 270 g/mol. The average molecular weight is 270 g/mol. The van der Waals surface area contributed by atoms with E-state index in [1.807, 2.05) is 24.3 Å². The largest absolute Gasteiger partial charge is 0.486 e. The predicted octanol–water partition coefficient (Wildman–Crippen LogP) is 3.26. The van der Waals surface area contributed by atoms with E-state index in [-0.39, 0.29) is 19.0 Å². The summed E-state index contributed by atoms with van der Waals surface area (Å²) in [6.45, 7) is 2.19. The van der Waals surface area contributed by atoms with Crippen molar-refractivity contribution in [1.82, 2.24) is 0 Å². The molecule has 0 fully saturated rings. The number of rotatable bonds is 6. The van der Waals surface area contributed by atoms with Crippen molar-refractivity contribution in [2.75, 3.05) is 20.3 Å². The van der Waals surface area contributed by atoms with Crippen LogP contribution in [0, 0.1) is 6.92 Å². The summed E-state index contributed by atoms with van der Waals surface area (Å²) in [5, 5.41) is 0. The van der Waals surface area contributed by atoms with Crippen LogP contribution in [-0.4, -0.2) is 26.1 Å². The SMILES string of the molecule is COCC(=O)COc1ccc(-c2ccc(C)cc2)cc1. The van der Waals surface area contributed by atoms with E-state index in [9.17, 15) is 4.79 Å². The molecule has 0 saturated heterocycles.